The number of hydrogen-bond donors (Lipinski definition) is 0. The van der Waals surface area contributed by atoms with Crippen molar-refractivity contribution in [3.63, 3.8) is 0 Å². The highest BCUT2D eigenvalue weighted by atomic mass is 79.9. The van der Waals surface area contributed by atoms with Gasteiger partial charge in [0.25, 0.3) is 0 Å². The van der Waals surface area contributed by atoms with Crippen LogP contribution < -0.4 is 0 Å². The van der Waals surface area contributed by atoms with Gasteiger partial charge in [-0.1, -0.05) is 29.8 Å². The van der Waals surface area contributed by atoms with Crippen LogP contribution in [-0.4, -0.2) is 9.55 Å². The molecule has 0 radical (unpaired) electrons. The topological polar surface area (TPSA) is 41.6 Å². The number of aromatic nitrogens is 2. The van der Waals surface area contributed by atoms with E-state index < -0.39 is 0 Å². The predicted octanol–water partition coefficient (Wildman–Crippen LogP) is 3.22. The third kappa shape index (κ3) is 2.25. The van der Waals surface area contributed by atoms with E-state index in [0.29, 0.717) is 6.42 Å². The molecule has 2 rings (SSSR count). The van der Waals surface area contributed by atoms with E-state index in [1.807, 2.05) is 23.7 Å². The van der Waals surface area contributed by atoms with Crippen molar-refractivity contribution in [1.29, 1.82) is 5.26 Å². The number of imidazole rings is 1. The molecule has 0 N–H and O–H groups in total. The normalized spacial score (nSPS) is 10.2. The van der Waals surface area contributed by atoms with Crippen molar-refractivity contribution in [3.8, 4) is 17.5 Å². The Hall–Kier alpha value is -1.60. The largest absolute Gasteiger partial charge is 0.329 e. The first-order valence-corrected chi connectivity index (χ1v) is 6.08. The molecule has 0 aliphatic rings. The van der Waals surface area contributed by atoms with Crippen LogP contribution in [0, 0.1) is 18.3 Å². The van der Waals surface area contributed by atoms with E-state index in [0.717, 1.165) is 21.7 Å². The second kappa shape index (κ2) is 4.72. The Morgan fingerprint density at radius 2 is 2.00 bits per heavy atom. The van der Waals surface area contributed by atoms with Crippen LogP contribution in [0.4, 0.5) is 0 Å². The third-order valence-corrected chi connectivity index (χ3v) is 3.36. The quantitative estimate of drug-likeness (QED) is 0.852. The summed E-state index contributed by atoms with van der Waals surface area (Å²) in [6, 6.07) is 10.3. The molecule has 0 saturated heterocycles. The van der Waals surface area contributed by atoms with Gasteiger partial charge >= 0.3 is 0 Å². The number of benzene rings is 1. The molecule has 1 heterocycles. The Morgan fingerprint density at radius 1 is 1.35 bits per heavy atom. The molecule has 0 spiro atoms. The van der Waals surface area contributed by atoms with Crippen LogP contribution in [0.3, 0.4) is 0 Å². The monoisotopic (exact) mass is 289 g/mol. The van der Waals surface area contributed by atoms with Crippen LogP contribution in [0.1, 0.15) is 11.3 Å². The molecule has 0 bridgehead atoms. The van der Waals surface area contributed by atoms with Crippen molar-refractivity contribution in [2.75, 3.05) is 0 Å². The van der Waals surface area contributed by atoms with Crippen molar-refractivity contribution < 1.29 is 0 Å². The summed E-state index contributed by atoms with van der Waals surface area (Å²) in [5, 5.41) is 8.77. The van der Waals surface area contributed by atoms with Crippen molar-refractivity contribution in [1.82, 2.24) is 9.55 Å². The molecule has 1 aromatic carbocycles. The van der Waals surface area contributed by atoms with Gasteiger partial charge in [-0.2, -0.15) is 5.26 Å². The van der Waals surface area contributed by atoms with E-state index >= 15 is 0 Å². The molecule has 2 aromatic rings. The zero-order valence-electron chi connectivity index (χ0n) is 9.74. The molecule has 0 aliphatic carbocycles. The summed E-state index contributed by atoms with van der Waals surface area (Å²) >= 11 is 3.40. The maximum absolute atomic E-state index is 8.77. The Kier molecular flexibility index (Phi) is 3.30. The summed E-state index contributed by atoms with van der Waals surface area (Å²) in [4.78, 5) is 4.46. The maximum atomic E-state index is 8.77. The summed E-state index contributed by atoms with van der Waals surface area (Å²) < 4.78 is 2.70. The highest BCUT2D eigenvalue weighted by Crippen LogP contribution is 2.25. The minimum absolute atomic E-state index is 0.357. The minimum Gasteiger partial charge on any atom is -0.329 e. The fourth-order valence-electron chi connectivity index (χ4n) is 1.73. The molecule has 0 atom stereocenters. The zero-order valence-corrected chi connectivity index (χ0v) is 11.3. The van der Waals surface area contributed by atoms with E-state index in [-0.39, 0.29) is 0 Å². The number of aryl methyl sites for hydroxylation is 1. The predicted molar refractivity (Wildman–Crippen MR) is 70.4 cm³/mol. The summed E-state index contributed by atoms with van der Waals surface area (Å²) in [6.45, 7) is 2.05. The molecule has 3 nitrogen and oxygen atoms in total. The molecule has 86 valence electrons. The fourth-order valence-corrected chi connectivity index (χ4v) is 2.30. The average molecular weight is 290 g/mol. The van der Waals surface area contributed by atoms with Crippen LogP contribution >= 0.6 is 15.9 Å². The van der Waals surface area contributed by atoms with Gasteiger partial charge in [0.2, 0.25) is 0 Å². The van der Waals surface area contributed by atoms with Gasteiger partial charge in [-0.25, -0.2) is 4.98 Å². The molecule has 0 fully saturated rings. The minimum atomic E-state index is 0.357. The van der Waals surface area contributed by atoms with Crippen LogP contribution in [0.2, 0.25) is 0 Å². The third-order valence-electron chi connectivity index (χ3n) is 2.72. The number of nitrogens with zero attached hydrogens (tertiary/aromatic N) is 3. The molecule has 17 heavy (non-hydrogen) atoms. The first-order valence-electron chi connectivity index (χ1n) is 5.28. The first kappa shape index (κ1) is 11.9. The SMILES string of the molecule is Cc1ccc(-c2nc(Br)c(CC#N)n2C)cc1. The number of rotatable bonds is 2. The summed E-state index contributed by atoms with van der Waals surface area (Å²) in [5.74, 6) is 0.877. The van der Waals surface area contributed by atoms with Gasteiger partial charge in [-0.3, -0.25) is 0 Å². The van der Waals surface area contributed by atoms with E-state index in [1.54, 1.807) is 0 Å². The molecular weight excluding hydrogens is 278 g/mol. The van der Waals surface area contributed by atoms with E-state index in [2.05, 4.69) is 46.0 Å². The van der Waals surface area contributed by atoms with Crippen molar-refractivity contribution in [2.24, 2.45) is 7.05 Å². The second-order valence-electron chi connectivity index (χ2n) is 3.93. The molecule has 1 aromatic heterocycles. The average Bonchev–Trinajstić information content (AvgIpc) is 2.59. The Morgan fingerprint density at radius 3 is 2.59 bits per heavy atom. The molecule has 0 saturated carbocycles. The second-order valence-corrected chi connectivity index (χ2v) is 4.68. The van der Waals surface area contributed by atoms with Gasteiger partial charge in [-0.05, 0) is 22.9 Å². The lowest BCUT2D eigenvalue weighted by atomic mass is 10.1. The van der Waals surface area contributed by atoms with Crippen molar-refractivity contribution in [3.05, 3.63) is 40.1 Å². The van der Waals surface area contributed by atoms with Crippen LogP contribution in [-0.2, 0) is 13.5 Å². The lowest BCUT2D eigenvalue weighted by Gasteiger charge is -2.04. The first-order chi connectivity index (χ1) is 8.13. The fraction of sp³-hybridized carbons (Fsp3) is 0.231. The summed E-state index contributed by atoms with van der Waals surface area (Å²) in [6.07, 6.45) is 0.357. The van der Waals surface area contributed by atoms with E-state index in [9.17, 15) is 0 Å². The number of halogens is 1. The van der Waals surface area contributed by atoms with Crippen LogP contribution in [0.15, 0.2) is 28.9 Å². The van der Waals surface area contributed by atoms with Crippen LogP contribution in [0.5, 0.6) is 0 Å². The Labute approximate surface area is 109 Å². The van der Waals surface area contributed by atoms with E-state index in [1.165, 1.54) is 5.56 Å². The van der Waals surface area contributed by atoms with Crippen LogP contribution in [0.25, 0.3) is 11.4 Å². The Balaban J connectivity index is 2.50. The van der Waals surface area contributed by atoms with Crippen molar-refractivity contribution in [2.45, 2.75) is 13.3 Å². The molecule has 0 aliphatic heterocycles. The molecule has 0 unspecified atom stereocenters. The van der Waals surface area contributed by atoms with E-state index in [4.69, 9.17) is 5.26 Å². The highest BCUT2D eigenvalue weighted by Gasteiger charge is 2.13. The lowest BCUT2D eigenvalue weighted by Crippen LogP contribution is -1.98. The number of hydrogen-bond acceptors (Lipinski definition) is 2. The standard InChI is InChI=1S/C13H12BrN3/c1-9-3-5-10(6-4-9)13-16-12(14)11(7-8-15)17(13)2/h3-6H,7H2,1-2H3. The smallest absolute Gasteiger partial charge is 0.141 e. The van der Waals surface area contributed by atoms with Gasteiger partial charge in [0.05, 0.1) is 18.2 Å². The lowest BCUT2D eigenvalue weighted by molar-refractivity contribution is 0.861. The Bertz CT molecular complexity index is 576. The maximum Gasteiger partial charge on any atom is 0.141 e. The number of nitriles is 1. The molecule has 4 heteroatoms. The zero-order chi connectivity index (χ0) is 12.4. The van der Waals surface area contributed by atoms with Gasteiger partial charge in [-0.15, -0.1) is 0 Å². The summed E-state index contributed by atoms with van der Waals surface area (Å²) in [5.41, 5.74) is 3.19. The molecule has 0 amide bonds. The van der Waals surface area contributed by atoms with Crippen molar-refractivity contribution >= 4 is 15.9 Å². The van der Waals surface area contributed by atoms with Gasteiger partial charge < -0.3 is 4.57 Å². The van der Waals surface area contributed by atoms with Gasteiger partial charge in [0.15, 0.2) is 0 Å². The van der Waals surface area contributed by atoms with Gasteiger partial charge in [0.1, 0.15) is 10.4 Å². The molecular formula is C13H12BrN3. The summed E-state index contributed by atoms with van der Waals surface area (Å²) in [7, 11) is 1.93. The van der Waals surface area contributed by atoms with Gasteiger partial charge in [0, 0.05) is 12.6 Å². The highest BCUT2D eigenvalue weighted by molar-refractivity contribution is 9.10.